The molecule has 2 aromatic carbocycles. The molecule has 39 heavy (non-hydrogen) atoms. The number of nitrogens with zero attached hydrogens (tertiary/aromatic N) is 1. The zero-order valence-electron chi connectivity index (χ0n) is 21.4. The molecule has 1 saturated carbocycles. The Hall–Kier alpha value is -3.40. The van der Waals surface area contributed by atoms with Gasteiger partial charge in [-0.1, -0.05) is 23.7 Å². The molecule has 2 aromatic rings. The van der Waals surface area contributed by atoms with Crippen molar-refractivity contribution in [2.24, 2.45) is 5.92 Å². The van der Waals surface area contributed by atoms with Gasteiger partial charge in [-0.15, -0.1) is 0 Å². The van der Waals surface area contributed by atoms with Crippen LogP contribution >= 0.6 is 11.6 Å². The highest BCUT2D eigenvalue weighted by atomic mass is 35.5. The average Bonchev–Trinajstić information content (AvgIpc) is 2.93. The third-order valence-electron chi connectivity index (χ3n) is 7.39. The summed E-state index contributed by atoms with van der Waals surface area (Å²) in [5.41, 5.74) is 0.735. The number of hydrogen-bond acceptors (Lipinski definition) is 4. The Morgan fingerprint density at radius 3 is 2.21 bits per heavy atom. The number of ether oxygens (including phenoxy) is 1. The van der Waals surface area contributed by atoms with Crippen LogP contribution in [0, 0.1) is 17.6 Å². The van der Waals surface area contributed by atoms with E-state index in [1.807, 2.05) is 24.3 Å². The molecule has 4 rings (SSSR count). The number of urea groups is 1. The third kappa shape index (κ3) is 7.59. The smallest absolute Gasteiger partial charge is 0.317 e. The Morgan fingerprint density at radius 2 is 1.56 bits per heavy atom. The summed E-state index contributed by atoms with van der Waals surface area (Å²) in [5.74, 6) is -3.88. The van der Waals surface area contributed by atoms with Crippen LogP contribution in [0.15, 0.2) is 36.4 Å². The van der Waals surface area contributed by atoms with E-state index in [0.717, 1.165) is 25.0 Å². The molecule has 2 fully saturated rings. The number of nitrogens with one attached hydrogen (secondary N) is 2. The number of piperidine rings is 1. The maximum absolute atomic E-state index is 14.6. The molecule has 2 aliphatic rings. The second-order valence-corrected chi connectivity index (χ2v) is 10.4. The van der Waals surface area contributed by atoms with E-state index in [1.54, 1.807) is 4.90 Å². The van der Waals surface area contributed by atoms with Gasteiger partial charge in [-0.2, -0.15) is 0 Å². The molecule has 0 radical (unpaired) electrons. The van der Waals surface area contributed by atoms with Crippen LogP contribution in [-0.4, -0.2) is 60.2 Å². The van der Waals surface area contributed by atoms with Gasteiger partial charge < -0.3 is 25.4 Å². The molecule has 1 aliphatic carbocycles. The van der Waals surface area contributed by atoms with Crippen LogP contribution in [0.1, 0.15) is 60.4 Å². The molecular weight excluding hydrogens is 532 g/mol. The summed E-state index contributed by atoms with van der Waals surface area (Å²) in [6, 6.07) is 9.13. The number of carboxylic acid groups (broad SMARTS) is 1. The first-order chi connectivity index (χ1) is 18.7. The molecule has 0 unspecified atom stereocenters. The summed E-state index contributed by atoms with van der Waals surface area (Å²) in [4.78, 5) is 37.7. The van der Waals surface area contributed by atoms with E-state index in [4.69, 9.17) is 21.4 Å². The van der Waals surface area contributed by atoms with Crippen molar-refractivity contribution in [2.75, 3.05) is 26.2 Å². The van der Waals surface area contributed by atoms with Gasteiger partial charge >= 0.3 is 12.0 Å². The lowest BCUT2D eigenvalue weighted by atomic mass is 9.87. The number of amides is 3. The van der Waals surface area contributed by atoms with Crippen molar-refractivity contribution in [2.45, 2.75) is 50.5 Å². The summed E-state index contributed by atoms with van der Waals surface area (Å²) in [5, 5.41) is 15.0. The molecule has 0 aromatic heterocycles. The van der Waals surface area contributed by atoms with E-state index in [2.05, 4.69) is 10.6 Å². The van der Waals surface area contributed by atoms with Gasteiger partial charge in [0.25, 0.3) is 5.91 Å². The number of hydrogen-bond donors (Lipinski definition) is 3. The van der Waals surface area contributed by atoms with Crippen molar-refractivity contribution in [1.29, 1.82) is 0 Å². The molecule has 1 aliphatic heterocycles. The Balaban J connectivity index is 1.18. The second kappa shape index (κ2) is 13.1. The number of halogens is 3. The Kier molecular flexibility index (Phi) is 9.61. The maximum atomic E-state index is 14.6. The zero-order valence-corrected chi connectivity index (χ0v) is 22.2. The lowest BCUT2D eigenvalue weighted by Crippen LogP contribution is -2.46. The molecule has 0 atom stereocenters. The predicted molar refractivity (Wildman–Crippen MR) is 141 cm³/mol. The number of carboxylic acids is 1. The molecular formula is C28H32ClF2N3O5. The highest BCUT2D eigenvalue weighted by Crippen LogP contribution is 2.31. The molecule has 8 nitrogen and oxygen atoms in total. The van der Waals surface area contributed by atoms with Gasteiger partial charge in [0.05, 0.1) is 17.6 Å². The van der Waals surface area contributed by atoms with Gasteiger partial charge in [0, 0.05) is 37.3 Å². The Bertz CT molecular complexity index is 1180. The largest absolute Gasteiger partial charge is 0.487 e. The van der Waals surface area contributed by atoms with E-state index >= 15 is 0 Å². The minimum Gasteiger partial charge on any atom is -0.487 e. The lowest BCUT2D eigenvalue weighted by molar-refractivity contribution is -0.143. The van der Waals surface area contributed by atoms with Crippen LogP contribution in [0.3, 0.4) is 0 Å². The molecule has 3 amide bonds. The van der Waals surface area contributed by atoms with Crippen LogP contribution in [0.4, 0.5) is 13.6 Å². The van der Waals surface area contributed by atoms with Gasteiger partial charge in [-0.05, 0) is 68.2 Å². The number of likely N-dealkylation sites (tertiary alicyclic amines) is 1. The summed E-state index contributed by atoms with van der Waals surface area (Å²) >= 11 is 5.95. The second-order valence-electron chi connectivity index (χ2n) is 9.99. The summed E-state index contributed by atoms with van der Waals surface area (Å²) in [6.07, 6.45) is 2.91. The molecule has 1 heterocycles. The SMILES string of the molecule is O=C(NCCNC(=O)N1CCC(c2ccc(Cl)cc2)CC1)c1cc(F)c(OC2CCC(C(=O)O)CC2)cc1F. The first-order valence-electron chi connectivity index (χ1n) is 13.2. The van der Waals surface area contributed by atoms with Crippen LogP contribution < -0.4 is 15.4 Å². The van der Waals surface area contributed by atoms with Crippen molar-refractivity contribution in [3.05, 3.63) is 64.2 Å². The summed E-state index contributed by atoms with van der Waals surface area (Å²) in [6.45, 7) is 1.38. The average molecular weight is 564 g/mol. The summed E-state index contributed by atoms with van der Waals surface area (Å²) in [7, 11) is 0. The van der Waals surface area contributed by atoms with Gasteiger partial charge in [0.15, 0.2) is 11.6 Å². The molecule has 210 valence electrons. The Morgan fingerprint density at radius 1 is 0.923 bits per heavy atom. The third-order valence-corrected chi connectivity index (χ3v) is 7.65. The molecule has 0 spiro atoms. The van der Waals surface area contributed by atoms with Crippen LogP contribution in [-0.2, 0) is 4.79 Å². The van der Waals surface area contributed by atoms with Crippen molar-refractivity contribution in [1.82, 2.24) is 15.5 Å². The molecule has 1 saturated heterocycles. The topological polar surface area (TPSA) is 108 Å². The number of carbonyl (C=O) groups excluding carboxylic acids is 2. The van der Waals surface area contributed by atoms with Gasteiger partial charge in [-0.25, -0.2) is 13.6 Å². The predicted octanol–water partition coefficient (Wildman–Crippen LogP) is 4.96. The maximum Gasteiger partial charge on any atom is 0.317 e. The summed E-state index contributed by atoms with van der Waals surface area (Å²) < 4.78 is 34.7. The fourth-order valence-corrected chi connectivity index (χ4v) is 5.23. The lowest BCUT2D eigenvalue weighted by Gasteiger charge is -2.32. The number of rotatable bonds is 8. The number of aliphatic carboxylic acids is 1. The minimum atomic E-state index is -0.935. The number of benzene rings is 2. The van der Waals surface area contributed by atoms with E-state index in [-0.39, 0.29) is 24.9 Å². The van der Waals surface area contributed by atoms with Crippen molar-refractivity contribution in [3.63, 3.8) is 0 Å². The molecule has 3 N–H and O–H groups in total. The van der Waals surface area contributed by atoms with E-state index in [9.17, 15) is 23.2 Å². The van der Waals surface area contributed by atoms with Gasteiger partial charge in [0.2, 0.25) is 0 Å². The fourth-order valence-electron chi connectivity index (χ4n) is 5.10. The number of carbonyl (C=O) groups is 3. The minimum absolute atomic E-state index is 0.0396. The van der Waals surface area contributed by atoms with Crippen LogP contribution in [0.25, 0.3) is 0 Å². The van der Waals surface area contributed by atoms with E-state index in [1.165, 1.54) is 5.56 Å². The normalized spacial score (nSPS) is 19.8. The van der Waals surface area contributed by atoms with E-state index < -0.39 is 41.1 Å². The first kappa shape index (κ1) is 28.6. The monoisotopic (exact) mass is 563 g/mol. The Labute approximate surface area is 230 Å². The zero-order chi connectivity index (χ0) is 27.9. The van der Waals surface area contributed by atoms with Crippen molar-refractivity contribution < 1.29 is 33.0 Å². The highest BCUT2D eigenvalue weighted by molar-refractivity contribution is 6.30. The van der Waals surface area contributed by atoms with E-state index in [0.29, 0.717) is 49.7 Å². The standard InChI is InChI=1S/C28H32ClF2N3O5/c29-20-5-1-17(2-6-20)18-9-13-34(14-10-18)28(38)33-12-11-32-26(35)22-15-24(31)25(16-23(22)30)39-21-7-3-19(4-8-21)27(36)37/h1-2,5-6,15-16,18-19,21H,3-4,7-14H2,(H,32,35)(H,33,38)(H,36,37). The van der Waals surface area contributed by atoms with Crippen LogP contribution in [0.5, 0.6) is 5.75 Å². The molecule has 0 bridgehead atoms. The quantitative estimate of drug-likeness (QED) is 0.394. The molecule has 11 heteroatoms. The van der Waals surface area contributed by atoms with Crippen molar-refractivity contribution in [3.8, 4) is 5.75 Å². The van der Waals surface area contributed by atoms with Crippen LogP contribution in [0.2, 0.25) is 5.02 Å². The first-order valence-corrected chi connectivity index (χ1v) is 13.5. The fraction of sp³-hybridized carbons (Fsp3) is 0.464. The van der Waals surface area contributed by atoms with Gasteiger partial charge in [-0.3, -0.25) is 9.59 Å². The highest BCUT2D eigenvalue weighted by Gasteiger charge is 2.28. The van der Waals surface area contributed by atoms with Gasteiger partial charge in [0.1, 0.15) is 5.82 Å². The van der Waals surface area contributed by atoms with Crippen molar-refractivity contribution >= 4 is 29.5 Å².